The molecule has 70 valence electrons. The van der Waals surface area contributed by atoms with Crippen LogP contribution in [0.2, 0.25) is 0 Å². The molecule has 5 N–H and O–H groups in total. The Bertz CT molecular complexity index is 323. The summed E-state index contributed by atoms with van der Waals surface area (Å²) in [6.07, 6.45) is 4.28. The molecular weight excluding hydrogens is 174 g/mol. The van der Waals surface area contributed by atoms with Gasteiger partial charge in [0.25, 0.3) is 0 Å². The summed E-state index contributed by atoms with van der Waals surface area (Å²) in [5, 5.41) is 8.60. The van der Waals surface area contributed by atoms with Gasteiger partial charge in [0.05, 0.1) is 17.2 Å². The molecule has 0 saturated heterocycles. The maximum atomic E-state index is 10.5. The van der Waals surface area contributed by atoms with Crippen molar-refractivity contribution in [1.82, 2.24) is 0 Å². The molecule has 0 aromatic heterocycles. The first-order valence-electron chi connectivity index (χ1n) is 3.29. The predicted octanol–water partition coefficient (Wildman–Crippen LogP) is -1.17. The van der Waals surface area contributed by atoms with Crippen LogP contribution >= 0.6 is 0 Å². The van der Waals surface area contributed by atoms with Gasteiger partial charge in [-0.15, -0.1) is 0 Å². The Hall–Kier alpha value is -1.68. The zero-order chi connectivity index (χ0) is 9.14. The molecule has 1 aliphatic carbocycles. The SMILES string of the molecule is NC1C(=C=O)C=CC=C1C(=O)O.O. The average molecular weight is 183 g/mol. The molecule has 0 heterocycles. The third-order valence-electron chi connectivity index (χ3n) is 1.59. The lowest BCUT2D eigenvalue weighted by Crippen LogP contribution is -2.30. The van der Waals surface area contributed by atoms with Gasteiger partial charge in [0.1, 0.15) is 5.94 Å². The van der Waals surface area contributed by atoms with Crippen molar-refractivity contribution in [2.45, 2.75) is 6.04 Å². The number of aliphatic carboxylic acids is 1. The third kappa shape index (κ3) is 2.13. The number of nitrogens with two attached hydrogens (primary N) is 1. The minimum Gasteiger partial charge on any atom is -0.478 e. The van der Waals surface area contributed by atoms with Gasteiger partial charge in [-0.3, -0.25) is 0 Å². The van der Waals surface area contributed by atoms with Crippen molar-refractivity contribution in [3.05, 3.63) is 29.4 Å². The van der Waals surface area contributed by atoms with Gasteiger partial charge in [0, 0.05) is 0 Å². The van der Waals surface area contributed by atoms with E-state index in [4.69, 9.17) is 10.8 Å². The Morgan fingerprint density at radius 1 is 1.62 bits per heavy atom. The van der Waals surface area contributed by atoms with Gasteiger partial charge in [-0.2, -0.15) is 0 Å². The summed E-state index contributed by atoms with van der Waals surface area (Å²) in [6.45, 7) is 0. The van der Waals surface area contributed by atoms with Crippen LogP contribution in [-0.4, -0.2) is 28.5 Å². The van der Waals surface area contributed by atoms with Gasteiger partial charge in [-0.1, -0.05) is 6.08 Å². The fraction of sp³-hybridized carbons (Fsp3) is 0.125. The van der Waals surface area contributed by atoms with Crippen molar-refractivity contribution in [3.63, 3.8) is 0 Å². The molecule has 0 aliphatic heterocycles. The summed E-state index contributed by atoms with van der Waals surface area (Å²) in [6, 6.07) is -0.856. The molecule has 5 nitrogen and oxygen atoms in total. The van der Waals surface area contributed by atoms with Crippen LogP contribution in [0.1, 0.15) is 0 Å². The number of hydrogen-bond acceptors (Lipinski definition) is 3. The smallest absolute Gasteiger partial charge is 0.333 e. The molecule has 0 saturated carbocycles. The lowest BCUT2D eigenvalue weighted by atomic mass is 9.96. The number of carboxylic acid groups (broad SMARTS) is 1. The van der Waals surface area contributed by atoms with Crippen molar-refractivity contribution in [2.75, 3.05) is 0 Å². The summed E-state index contributed by atoms with van der Waals surface area (Å²) in [7, 11) is 0. The minimum absolute atomic E-state index is 0. The van der Waals surface area contributed by atoms with E-state index in [1.165, 1.54) is 18.2 Å². The molecule has 0 fully saturated rings. The zero-order valence-electron chi connectivity index (χ0n) is 6.65. The lowest BCUT2D eigenvalue weighted by molar-refractivity contribution is -0.132. The van der Waals surface area contributed by atoms with E-state index in [2.05, 4.69) is 0 Å². The Kier molecular flexibility index (Phi) is 3.81. The molecule has 13 heavy (non-hydrogen) atoms. The van der Waals surface area contributed by atoms with Gasteiger partial charge in [-0.25, -0.2) is 9.59 Å². The highest BCUT2D eigenvalue weighted by Gasteiger charge is 2.21. The van der Waals surface area contributed by atoms with E-state index in [1.54, 1.807) is 5.94 Å². The number of carbonyl (C=O) groups is 1. The molecule has 5 heteroatoms. The van der Waals surface area contributed by atoms with Crippen LogP contribution < -0.4 is 5.73 Å². The van der Waals surface area contributed by atoms with Gasteiger partial charge in [-0.05, 0) is 12.2 Å². The van der Waals surface area contributed by atoms with Crippen LogP contribution in [-0.2, 0) is 9.59 Å². The van der Waals surface area contributed by atoms with Gasteiger partial charge in [0.2, 0.25) is 0 Å². The fourth-order valence-electron chi connectivity index (χ4n) is 0.932. The third-order valence-corrected chi connectivity index (χ3v) is 1.59. The summed E-state index contributed by atoms with van der Waals surface area (Å²) < 4.78 is 0. The van der Waals surface area contributed by atoms with E-state index in [9.17, 15) is 9.59 Å². The second kappa shape index (κ2) is 4.37. The topological polar surface area (TPSA) is 112 Å². The normalized spacial score (nSPS) is 19.9. The quantitative estimate of drug-likeness (QED) is 0.498. The maximum absolute atomic E-state index is 10.5. The van der Waals surface area contributed by atoms with Crippen molar-refractivity contribution in [1.29, 1.82) is 0 Å². The second-order valence-corrected chi connectivity index (χ2v) is 2.32. The van der Waals surface area contributed by atoms with E-state index in [0.29, 0.717) is 0 Å². The first kappa shape index (κ1) is 11.3. The molecule has 0 aromatic carbocycles. The predicted molar refractivity (Wildman–Crippen MR) is 45.7 cm³/mol. The summed E-state index contributed by atoms with van der Waals surface area (Å²) in [4.78, 5) is 20.7. The molecule has 0 amide bonds. The molecule has 0 bridgehead atoms. The largest absolute Gasteiger partial charge is 0.478 e. The number of hydrogen-bond donors (Lipinski definition) is 2. The van der Waals surface area contributed by atoms with E-state index < -0.39 is 12.0 Å². The lowest BCUT2D eigenvalue weighted by Gasteiger charge is -2.13. The van der Waals surface area contributed by atoms with Crippen molar-refractivity contribution in [2.24, 2.45) is 5.73 Å². The number of rotatable bonds is 1. The highest BCUT2D eigenvalue weighted by Crippen LogP contribution is 2.14. The molecule has 0 radical (unpaired) electrons. The van der Waals surface area contributed by atoms with Crippen LogP contribution in [0, 0.1) is 0 Å². The molecule has 0 aromatic rings. The number of carbonyl (C=O) groups excluding carboxylic acids is 1. The molecular formula is C8H9NO4. The summed E-state index contributed by atoms with van der Waals surface area (Å²) >= 11 is 0. The monoisotopic (exact) mass is 183 g/mol. The van der Waals surface area contributed by atoms with Crippen LogP contribution in [0.5, 0.6) is 0 Å². The van der Waals surface area contributed by atoms with Crippen LogP contribution in [0.15, 0.2) is 29.4 Å². The van der Waals surface area contributed by atoms with Gasteiger partial charge in [0.15, 0.2) is 0 Å². The molecule has 1 aliphatic rings. The maximum Gasteiger partial charge on any atom is 0.333 e. The Labute approximate surface area is 74.2 Å². The highest BCUT2D eigenvalue weighted by molar-refractivity contribution is 5.91. The highest BCUT2D eigenvalue weighted by atomic mass is 16.4. The number of allylic oxidation sites excluding steroid dienone is 2. The first-order valence-corrected chi connectivity index (χ1v) is 3.29. The minimum atomic E-state index is -1.11. The fourth-order valence-corrected chi connectivity index (χ4v) is 0.932. The van der Waals surface area contributed by atoms with Crippen molar-refractivity contribution >= 4 is 11.9 Å². The number of carboxylic acids is 1. The Morgan fingerprint density at radius 2 is 2.23 bits per heavy atom. The molecule has 1 rings (SSSR count). The van der Waals surface area contributed by atoms with Crippen LogP contribution in [0.25, 0.3) is 0 Å². The zero-order valence-corrected chi connectivity index (χ0v) is 6.65. The van der Waals surface area contributed by atoms with Crippen molar-refractivity contribution < 1.29 is 20.2 Å². The van der Waals surface area contributed by atoms with Crippen LogP contribution in [0.4, 0.5) is 0 Å². The Balaban J connectivity index is 0.00000144. The average Bonchev–Trinajstić information content (AvgIpc) is 2.04. The second-order valence-electron chi connectivity index (χ2n) is 2.32. The molecule has 1 atom stereocenters. The van der Waals surface area contributed by atoms with E-state index in [0.717, 1.165) is 0 Å². The molecule has 0 spiro atoms. The summed E-state index contributed by atoms with van der Waals surface area (Å²) in [5.74, 6) is 0.478. The standard InChI is InChI=1S/C8H7NO3.H2O/c9-7-5(4-10)2-1-3-6(7)8(11)12;/h1-3,7H,9H2,(H,11,12);1H2. The van der Waals surface area contributed by atoms with Gasteiger partial charge >= 0.3 is 5.97 Å². The van der Waals surface area contributed by atoms with E-state index in [1.807, 2.05) is 0 Å². The van der Waals surface area contributed by atoms with Gasteiger partial charge < -0.3 is 16.3 Å². The van der Waals surface area contributed by atoms with E-state index in [-0.39, 0.29) is 16.6 Å². The Morgan fingerprint density at radius 3 is 2.69 bits per heavy atom. The molecule has 1 unspecified atom stereocenters. The van der Waals surface area contributed by atoms with Crippen LogP contribution in [0.3, 0.4) is 0 Å². The summed E-state index contributed by atoms with van der Waals surface area (Å²) in [5.41, 5.74) is 5.61. The van der Waals surface area contributed by atoms with Crippen molar-refractivity contribution in [3.8, 4) is 0 Å². The van der Waals surface area contributed by atoms with E-state index >= 15 is 0 Å². The first-order chi connectivity index (χ1) is 5.66.